The van der Waals surface area contributed by atoms with Gasteiger partial charge in [-0.2, -0.15) is 0 Å². The number of anilines is 1. The quantitative estimate of drug-likeness (QED) is 0.807. The Morgan fingerprint density at radius 1 is 1.11 bits per heavy atom. The summed E-state index contributed by atoms with van der Waals surface area (Å²) in [6.07, 6.45) is 5.45. The Bertz CT molecular complexity index is 470. The van der Waals surface area contributed by atoms with Crippen LogP contribution in [0.2, 0.25) is 0 Å². The van der Waals surface area contributed by atoms with Crippen LogP contribution >= 0.6 is 0 Å². The number of hydrogen-bond acceptors (Lipinski definition) is 4. The van der Waals surface area contributed by atoms with E-state index in [0.717, 1.165) is 23.5 Å². The van der Waals surface area contributed by atoms with Crippen LogP contribution in [-0.2, 0) is 4.74 Å². The van der Waals surface area contributed by atoms with Crippen molar-refractivity contribution in [3.05, 3.63) is 42.9 Å². The van der Waals surface area contributed by atoms with Gasteiger partial charge in [0, 0.05) is 44.9 Å². The predicted octanol–water partition coefficient (Wildman–Crippen LogP) is 2.23. The summed E-state index contributed by atoms with van der Waals surface area (Å²) in [5.41, 5.74) is 2.23. The number of methoxy groups -OCH3 is 1. The normalized spacial score (nSPS) is 10.3. The number of pyridine rings is 2. The van der Waals surface area contributed by atoms with E-state index in [-0.39, 0.29) is 0 Å². The number of ether oxygens (including phenoxy) is 1. The molecule has 0 radical (unpaired) electrons. The number of likely N-dealkylation sites (N-methyl/N-ethyl adjacent to an activating group) is 1. The first kappa shape index (κ1) is 12.5. The average Bonchev–Trinajstić information content (AvgIpc) is 2.46. The number of aromatic nitrogens is 2. The van der Waals surface area contributed by atoms with E-state index in [1.165, 1.54) is 0 Å². The van der Waals surface area contributed by atoms with Gasteiger partial charge in [-0.15, -0.1) is 0 Å². The van der Waals surface area contributed by atoms with Crippen molar-refractivity contribution >= 4 is 5.82 Å². The summed E-state index contributed by atoms with van der Waals surface area (Å²) in [5.74, 6) is 0.949. The topological polar surface area (TPSA) is 38.2 Å². The molecule has 0 fully saturated rings. The molecule has 4 heteroatoms. The fraction of sp³-hybridized carbons (Fsp3) is 0.286. The smallest absolute Gasteiger partial charge is 0.128 e. The molecule has 2 aromatic rings. The summed E-state index contributed by atoms with van der Waals surface area (Å²) in [5, 5.41) is 0. The number of nitrogens with zero attached hydrogens (tertiary/aromatic N) is 3. The summed E-state index contributed by atoms with van der Waals surface area (Å²) in [6, 6.07) is 8.04. The molecule has 18 heavy (non-hydrogen) atoms. The second-order valence-electron chi connectivity index (χ2n) is 4.06. The molecule has 0 unspecified atom stereocenters. The zero-order valence-corrected chi connectivity index (χ0v) is 10.7. The highest BCUT2D eigenvalue weighted by molar-refractivity contribution is 5.63. The van der Waals surface area contributed by atoms with Crippen molar-refractivity contribution in [2.75, 3.05) is 32.2 Å². The van der Waals surface area contributed by atoms with E-state index in [1.54, 1.807) is 19.5 Å². The maximum atomic E-state index is 5.05. The van der Waals surface area contributed by atoms with Crippen LogP contribution in [0.3, 0.4) is 0 Å². The molecule has 4 nitrogen and oxygen atoms in total. The Hall–Kier alpha value is -1.94. The molecule has 0 atom stereocenters. The van der Waals surface area contributed by atoms with Gasteiger partial charge in [0.1, 0.15) is 5.82 Å². The van der Waals surface area contributed by atoms with E-state index < -0.39 is 0 Å². The van der Waals surface area contributed by atoms with Gasteiger partial charge in [-0.3, -0.25) is 4.98 Å². The van der Waals surface area contributed by atoms with Gasteiger partial charge in [0.2, 0.25) is 0 Å². The van der Waals surface area contributed by atoms with Gasteiger partial charge in [-0.25, -0.2) is 4.98 Å². The molecule has 0 bridgehead atoms. The van der Waals surface area contributed by atoms with Crippen LogP contribution < -0.4 is 4.90 Å². The van der Waals surface area contributed by atoms with Crippen molar-refractivity contribution in [3.8, 4) is 11.1 Å². The largest absolute Gasteiger partial charge is 0.383 e. The van der Waals surface area contributed by atoms with E-state index in [9.17, 15) is 0 Å². The standard InChI is InChI=1S/C14H17N3O/c1-17(9-10-18-2)14-4-3-13(11-16-14)12-5-7-15-8-6-12/h3-8,11H,9-10H2,1-2H3. The molecule has 2 aromatic heterocycles. The summed E-state index contributed by atoms with van der Waals surface area (Å²) < 4.78 is 5.05. The van der Waals surface area contributed by atoms with Crippen LogP contribution in [-0.4, -0.2) is 37.3 Å². The first-order valence-electron chi connectivity index (χ1n) is 5.88. The van der Waals surface area contributed by atoms with Crippen LogP contribution in [0.1, 0.15) is 0 Å². The molecule has 0 aliphatic heterocycles. The molecule has 2 rings (SSSR count). The molecule has 0 aliphatic carbocycles. The van der Waals surface area contributed by atoms with Gasteiger partial charge in [-0.05, 0) is 29.8 Å². The third kappa shape index (κ3) is 3.05. The molecule has 0 spiro atoms. The third-order valence-electron chi connectivity index (χ3n) is 2.78. The lowest BCUT2D eigenvalue weighted by atomic mass is 10.1. The minimum Gasteiger partial charge on any atom is -0.383 e. The molecule has 0 aromatic carbocycles. The lowest BCUT2D eigenvalue weighted by molar-refractivity contribution is 0.206. The van der Waals surface area contributed by atoms with Crippen molar-refractivity contribution in [1.82, 2.24) is 9.97 Å². The van der Waals surface area contributed by atoms with Crippen molar-refractivity contribution in [3.63, 3.8) is 0 Å². The molecular formula is C14H17N3O. The Morgan fingerprint density at radius 3 is 2.50 bits per heavy atom. The Morgan fingerprint density at radius 2 is 1.89 bits per heavy atom. The van der Waals surface area contributed by atoms with Crippen molar-refractivity contribution < 1.29 is 4.74 Å². The Labute approximate surface area is 107 Å². The molecular weight excluding hydrogens is 226 g/mol. The SMILES string of the molecule is COCCN(C)c1ccc(-c2ccncc2)cn1. The molecule has 0 aliphatic rings. The van der Waals surface area contributed by atoms with E-state index in [1.807, 2.05) is 31.4 Å². The molecule has 0 saturated carbocycles. The van der Waals surface area contributed by atoms with Crippen molar-refractivity contribution in [1.29, 1.82) is 0 Å². The van der Waals surface area contributed by atoms with Crippen LogP contribution in [0.4, 0.5) is 5.82 Å². The van der Waals surface area contributed by atoms with Gasteiger partial charge >= 0.3 is 0 Å². The van der Waals surface area contributed by atoms with Gasteiger partial charge in [0.25, 0.3) is 0 Å². The lowest BCUT2D eigenvalue weighted by Crippen LogP contribution is -2.22. The van der Waals surface area contributed by atoms with Gasteiger partial charge < -0.3 is 9.64 Å². The van der Waals surface area contributed by atoms with Gasteiger partial charge in [-0.1, -0.05) is 0 Å². The van der Waals surface area contributed by atoms with Crippen LogP contribution in [0.5, 0.6) is 0 Å². The van der Waals surface area contributed by atoms with Crippen molar-refractivity contribution in [2.45, 2.75) is 0 Å². The van der Waals surface area contributed by atoms with Gasteiger partial charge in [0.15, 0.2) is 0 Å². The fourth-order valence-corrected chi connectivity index (χ4v) is 1.67. The lowest BCUT2D eigenvalue weighted by Gasteiger charge is -2.17. The first-order chi connectivity index (χ1) is 8.81. The van der Waals surface area contributed by atoms with E-state index in [0.29, 0.717) is 6.61 Å². The molecule has 0 N–H and O–H groups in total. The average molecular weight is 243 g/mol. The van der Waals surface area contributed by atoms with Crippen LogP contribution in [0.25, 0.3) is 11.1 Å². The van der Waals surface area contributed by atoms with Gasteiger partial charge in [0.05, 0.1) is 6.61 Å². The fourth-order valence-electron chi connectivity index (χ4n) is 1.67. The first-order valence-corrected chi connectivity index (χ1v) is 5.88. The number of rotatable bonds is 5. The second kappa shape index (κ2) is 6.12. The summed E-state index contributed by atoms with van der Waals surface area (Å²) in [6.45, 7) is 1.53. The highest BCUT2D eigenvalue weighted by Crippen LogP contribution is 2.19. The van der Waals surface area contributed by atoms with Crippen LogP contribution in [0.15, 0.2) is 42.9 Å². The predicted molar refractivity (Wildman–Crippen MR) is 72.6 cm³/mol. The third-order valence-corrected chi connectivity index (χ3v) is 2.78. The summed E-state index contributed by atoms with van der Waals surface area (Å²) in [7, 11) is 3.71. The summed E-state index contributed by atoms with van der Waals surface area (Å²) >= 11 is 0. The zero-order chi connectivity index (χ0) is 12.8. The molecule has 94 valence electrons. The van der Waals surface area contributed by atoms with E-state index in [2.05, 4.69) is 20.9 Å². The maximum Gasteiger partial charge on any atom is 0.128 e. The molecule has 0 saturated heterocycles. The minimum absolute atomic E-state index is 0.699. The van der Waals surface area contributed by atoms with E-state index in [4.69, 9.17) is 4.74 Å². The van der Waals surface area contributed by atoms with Crippen LogP contribution in [0, 0.1) is 0 Å². The maximum absolute atomic E-state index is 5.05. The second-order valence-corrected chi connectivity index (χ2v) is 4.06. The highest BCUT2D eigenvalue weighted by atomic mass is 16.5. The minimum atomic E-state index is 0.699. The number of hydrogen-bond donors (Lipinski definition) is 0. The molecule has 2 heterocycles. The zero-order valence-electron chi connectivity index (χ0n) is 10.7. The monoisotopic (exact) mass is 243 g/mol. The summed E-state index contributed by atoms with van der Waals surface area (Å²) in [4.78, 5) is 10.5. The van der Waals surface area contributed by atoms with Crippen molar-refractivity contribution in [2.24, 2.45) is 0 Å². The molecule has 0 amide bonds. The van der Waals surface area contributed by atoms with E-state index >= 15 is 0 Å². The Kier molecular flexibility index (Phi) is 4.25. The Balaban J connectivity index is 2.10. The highest BCUT2D eigenvalue weighted by Gasteiger charge is 2.03.